The number of nitrogens with zero attached hydrogens (tertiary/aromatic N) is 2. The van der Waals surface area contributed by atoms with Crippen molar-refractivity contribution in [1.82, 2.24) is 15.0 Å². The molecule has 2 N–H and O–H groups in total. The molecule has 0 spiro atoms. The van der Waals surface area contributed by atoms with Gasteiger partial charge in [0.1, 0.15) is 0 Å². The van der Waals surface area contributed by atoms with E-state index in [0.29, 0.717) is 18.5 Å². The van der Waals surface area contributed by atoms with Crippen LogP contribution in [0.2, 0.25) is 0 Å². The molecule has 0 fully saturated rings. The lowest BCUT2D eigenvalue weighted by Crippen LogP contribution is -2.41. The number of rotatable bonds is 8. The highest BCUT2D eigenvalue weighted by atomic mass is 32.2. The average molecular weight is 471 g/mol. The zero-order valence-corrected chi connectivity index (χ0v) is 20.0. The molecule has 1 aliphatic rings. The molecule has 0 aromatic heterocycles. The Labute approximate surface area is 195 Å². The summed E-state index contributed by atoms with van der Waals surface area (Å²) < 4.78 is 28.1. The second-order valence-corrected chi connectivity index (χ2v) is 10.6. The Balaban J connectivity index is 1.54. The van der Waals surface area contributed by atoms with Crippen molar-refractivity contribution in [3.63, 3.8) is 0 Å². The minimum Gasteiger partial charge on any atom is -0.352 e. The largest absolute Gasteiger partial charge is 0.352 e. The van der Waals surface area contributed by atoms with Gasteiger partial charge in [0, 0.05) is 31.3 Å². The smallest absolute Gasteiger partial charge is 0.243 e. The summed E-state index contributed by atoms with van der Waals surface area (Å²) in [5.74, 6) is -0.542. The summed E-state index contributed by atoms with van der Waals surface area (Å²) in [6.07, 6.45) is 0.708. The summed E-state index contributed by atoms with van der Waals surface area (Å²) >= 11 is 0. The van der Waals surface area contributed by atoms with Crippen molar-refractivity contribution in [2.75, 3.05) is 6.54 Å². The van der Waals surface area contributed by atoms with E-state index in [2.05, 4.69) is 15.1 Å². The molecule has 3 rings (SSSR count). The van der Waals surface area contributed by atoms with Gasteiger partial charge in [-0.05, 0) is 38.0 Å². The van der Waals surface area contributed by atoms with Crippen molar-refractivity contribution in [1.29, 1.82) is 0 Å². The van der Waals surface area contributed by atoms with Crippen LogP contribution in [-0.2, 0) is 26.2 Å². The molecular weight excluding hydrogens is 440 g/mol. The van der Waals surface area contributed by atoms with Crippen LogP contribution >= 0.6 is 0 Å². The fourth-order valence-corrected chi connectivity index (χ4v) is 5.13. The number of hydrogen-bond donors (Lipinski definition) is 2. The minimum absolute atomic E-state index is 0.000676. The molecule has 33 heavy (non-hydrogen) atoms. The third-order valence-electron chi connectivity index (χ3n) is 4.94. The van der Waals surface area contributed by atoms with Gasteiger partial charge in [0.2, 0.25) is 21.8 Å². The van der Waals surface area contributed by atoms with Gasteiger partial charge < -0.3 is 5.32 Å². The molecule has 0 bridgehead atoms. The van der Waals surface area contributed by atoms with Crippen LogP contribution in [0.25, 0.3) is 0 Å². The van der Waals surface area contributed by atoms with Crippen LogP contribution in [0.3, 0.4) is 0 Å². The summed E-state index contributed by atoms with van der Waals surface area (Å²) in [5.41, 5.74) is 1.69. The number of amides is 2. The third-order valence-corrected chi connectivity index (χ3v) is 6.80. The predicted molar refractivity (Wildman–Crippen MR) is 127 cm³/mol. The number of carbonyl (C=O) groups excluding carboxylic acids is 2. The molecule has 2 aromatic rings. The van der Waals surface area contributed by atoms with Crippen molar-refractivity contribution in [3.8, 4) is 0 Å². The molecule has 2 aromatic carbocycles. The van der Waals surface area contributed by atoms with Gasteiger partial charge in [-0.1, -0.05) is 48.5 Å². The summed E-state index contributed by atoms with van der Waals surface area (Å²) in [6, 6.07) is 16.2. The number of carbonyl (C=O) groups is 2. The van der Waals surface area contributed by atoms with Gasteiger partial charge >= 0.3 is 0 Å². The second kappa shape index (κ2) is 10.3. The minimum atomic E-state index is -3.74. The van der Waals surface area contributed by atoms with Crippen LogP contribution in [-0.4, -0.2) is 43.0 Å². The first-order valence-electron chi connectivity index (χ1n) is 10.9. The lowest BCUT2D eigenvalue weighted by Gasteiger charge is -2.21. The molecule has 0 saturated heterocycles. The fraction of sp³-hybridized carbons (Fsp3) is 0.375. The number of hydrogen-bond acceptors (Lipinski definition) is 5. The SMILES string of the molecule is CC(C)(C)NS(=O)(=O)c1ccccc1CNC(=O)CCC(=O)N1CCC(c2ccccc2)=N1. The van der Waals surface area contributed by atoms with Crippen LogP contribution in [0, 0.1) is 0 Å². The molecule has 0 saturated carbocycles. The second-order valence-electron chi connectivity index (χ2n) is 8.92. The van der Waals surface area contributed by atoms with E-state index >= 15 is 0 Å². The Kier molecular flexibility index (Phi) is 7.65. The van der Waals surface area contributed by atoms with E-state index in [4.69, 9.17) is 0 Å². The normalized spacial score (nSPS) is 14.2. The Morgan fingerprint density at radius 3 is 2.36 bits per heavy atom. The van der Waals surface area contributed by atoms with Crippen molar-refractivity contribution in [3.05, 3.63) is 65.7 Å². The third kappa shape index (κ3) is 6.97. The van der Waals surface area contributed by atoms with Crippen LogP contribution in [0.5, 0.6) is 0 Å². The quantitative estimate of drug-likeness (QED) is 0.618. The maximum absolute atomic E-state index is 12.7. The molecule has 1 aliphatic heterocycles. The molecule has 0 radical (unpaired) electrons. The topological polar surface area (TPSA) is 108 Å². The van der Waals surface area contributed by atoms with Gasteiger partial charge in [-0.25, -0.2) is 18.1 Å². The van der Waals surface area contributed by atoms with E-state index in [-0.39, 0.29) is 36.1 Å². The first-order chi connectivity index (χ1) is 15.5. The van der Waals surface area contributed by atoms with E-state index in [1.54, 1.807) is 39.0 Å². The summed E-state index contributed by atoms with van der Waals surface area (Å²) in [7, 11) is -3.74. The Bertz CT molecular complexity index is 1140. The highest BCUT2D eigenvalue weighted by Gasteiger charge is 2.25. The summed E-state index contributed by atoms with van der Waals surface area (Å²) in [6.45, 7) is 5.84. The molecule has 8 nitrogen and oxygen atoms in total. The lowest BCUT2D eigenvalue weighted by molar-refractivity contribution is -0.133. The van der Waals surface area contributed by atoms with Crippen LogP contribution in [0.4, 0.5) is 0 Å². The zero-order valence-electron chi connectivity index (χ0n) is 19.2. The number of nitrogens with one attached hydrogen (secondary N) is 2. The maximum Gasteiger partial charge on any atom is 0.243 e. The molecule has 2 amide bonds. The van der Waals surface area contributed by atoms with Crippen molar-refractivity contribution < 1.29 is 18.0 Å². The van der Waals surface area contributed by atoms with Crippen LogP contribution in [0.1, 0.15) is 51.2 Å². The molecule has 1 heterocycles. The first kappa shape index (κ1) is 24.6. The first-order valence-corrected chi connectivity index (χ1v) is 12.4. The highest BCUT2D eigenvalue weighted by Crippen LogP contribution is 2.18. The molecule has 0 unspecified atom stereocenters. The lowest BCUT2D eigenvalue weighted by atomic mass is 10.1. The number of sulfonamides is 1. The van der Waals surface area contributed by atoms with Gasteiger partial charge in [-0.2, -0.15) is 5.10 Å². The van der Waals surface area contributed by atoms with E-state index in [9.17, 15) is 18.0 Å². The Morgan fingerprint density at radius 2 is 1.67 bits per heavy atom. The average Bonchev–Trinajstić information content (AvgIpc) is 3.26. The maximum atomic E-state index is 12.7. The van der Waals surface area contributed by atoms with E-state index < -0.39 is 15.6 Å². The fourth-order valence-electron chi connectivity index (χ4n) is 3.47. The highest BCUT2D eigenvalue weighted by molar-refractivity contribution is 7.89. The van der Waals surface area contributed by atoms with Crippen molar-refractivity contribution in [2.45, 2.75) is 57.0 Å². The zero-order chi connectivity index (χ0) is 24.1. The van der Waals surface area contributed by atoms with Gasteiger partial charge in [-0.3, -0.25) is 9.59 Å². The molecule has 176 valence electrons. The van der Waals surface area contributed by atoms with Gasteiger partial charge in [0.15, 0.2) is 0 Å². The van der Waals surface area contributed by atoms with Crippen molar-refractivity contribution >= 4 is 27.5 Å². The standard InChI is InChI=1S/C24H30N4O4S/c1-24(2,3)27-33(31,32)21-12-8-7-11-19(21)17-25-22(29)13-14-23(30)28-16-15-20(26-28)18-9-5-4-6-10-18/h4-12,27H,13-17H2,1-3H3,(H,25,29). The Morgan fingerprint density at radius 1 is 1.00 bits per heavy atom. The van der Waals surface area contributed by atoms with E-state index in [1.807, 2.05) is 30.3 Å². The summed E-state index contributed by atoms with van der Waals surface area (Å²) in [5, 5.41) is 8.52. The van der Waals surface area contributed by atoms with Gasteiger partial charge in [0.25, 0.3) is 0 Å². The van der Waals surface area contributed by atoms with E-state index in [1.165, 1.54) is 11.1 Å². The molecule has 0 atom stereocenters. The van der Waals surface area contributed by atoms with Gasteiger partial charge in [-0.15, -0.1) is 0 Å². The van der Waals surface area contributed by atoms with E-state index in [0.717, 1.165) is 11.3 Å². The van der Waals surface area contributed by atoms with Gasteiger partial charge in [0.05, 0.1) is 17.2 Å². The monoisotopic (exact) mass is 470 g/mol. The molecule has 0 aliphatic carbocycles. The number of benzene rings is 2. The van der Waals surface area contributed by atoms with Crippen LogP contribution < -0.4 is 10.0 Å². The number of hydrazone groups is 1. The molecule has 9 heteroatoms. The predicted octanol–water partition coefficient (Wildman–Crippen LogP) is 2.80. The summed E-state index contributed by atoms with van der Waals surface area (Å²) in [4.78, 5) is 24.9. The van der Waals surface area contributed by atoms with Crippen molar-refractivity contribution in [2.24, 2.45) is 5.10 Å². The van der Waals surface area contributed by atoms with Crippen LogP contribution in [0.15, 0.2) is 64.6 Å². The Hall–Kier alpha value is -3.04. The molecular formula is C24H30N4O4S.